The first kappa shape index (κ1) is 19.0. The molecule has 1 unspecified atom stereocenters. The number of aromatic hydroxyl groups is 1. The van der Waals surface area contributed by atoms with Crippen LogP contribution in [0.5, 0.6) is 5.75 Å². The van der Waals surface area contributed by atoms with E-state index in [-0.39, 0.29) is 5.75 Å². The molecular weight excluding hydrogens is 370 g/mol. The van der Waals surface area contributed by atoms with Crippen molar-refractivity contribution < 1.29 is 24.6 Å². The Morgan fingerprint density at radius 1 is 1.33 bits per heavy atom. The number of amides is 2. The number of hydrogen-bond acceptors (Lipinski definition) is 6. The summed E-state index contributed by atoms with van der Waals surface area (Å²) in [7, 11) is 0. The lowest BCUT2D eigenvalue weighted by Crippen LogP contribution is -2.74. The van der Waals surface area contributed by atoms with E-state index in [0.717, 1.165) is 0 Å². The summed E-state index contributed by atoms with van der Waals surface area (Å²) in [5.41, 5.74) is 6.93. The van der Waals surface area contributed by atoms with Crippen molar-refractivity contribution in [2.75, 3.05) is 0 Å². The average Bonchev–Trinajstić information content (AvgIpc) is 2.65. The third kappa shape index (κ3) is 3.43. The summed E-state index contributed by atoms with van der Waals surface area (Å²) < 4.78 is 0. The minimum absolute atomic E-state index is 0.0539. The van der Waals surface area contributed by atoms with Gasteiger partial charge in [0.1, 0.15) is 23.2 Å². The average molecular weight is 389 g/mol. The SMILES string of the molecule is C/C=C\C1=CS[C@@H]2[C@H](NC(=O)[C@H](N)c3ccc(O)cc3)C(=O)N2C1C(=O)O. The normalized spacial score (nSPS) is 25.4. The standard InChI is InChI=1S/C18H19N3O5S/c1-2-3-10-8-27-17-13(16(24)21(17)14(10)18(25)26)20-15(23)12(19)9-4-6-11(22)7-5-9/h2-8,12-14,17,22H,19H2,1H3,(H,20,23)(H,25,26)/b3-2-/t12-,13-,14?,17-/m1/s1. The number of aliphatic carboxylic acids is 1. The highest BCUT2D eigenvalue weighted by Crippen LogP contribution is 2.40. The molecule has 1 saturated heterocycles. The molecule has 142 valence electrons. The van der Waals surface area contributed by atoms with Crippen LogP contribution in [0, 0.1) is 0 Å². The second-order valence-corrected chi connectivity index (χ2v) is 7.18. The first-order chi connectivity index (χ1) is 12.8. The van der Waals surface area contributed by atoms with Gasteiger partial charge in [-0.15, -0.1) is 11.8 Å². The largest absolute Gasteiger partial charge is 0.508 e. The van der Waals surface area contributed by atoms with Gasteiger partial charge in [-0.25, -0.2) is 4.79 Å². The van der Waals surface area contributed by atoms with E-state index in [0.29, 0.717) is 11.1 Å². The summed E-state index contributed by atoms with van der Waals surface area (Å²) in [6.45, 7) is 1.77. The van der Waals surface area contributed by atoms with Crippen molar-refractivity contribution in [1.82, 2.24) is 10.2 Å². The number of nitrogens with one attached hydrogen (secondary N) is 1. The molecule has 1 aromatic rings. The molecule has 9 heteroatoms. The lowest BCUT2D eigenvalue weighted by Gasteiger charge is -2.51. The Bertz CT molecular complexity index is 836. The number of fused-ring (bicyclic) bond motifs is 1. The van der Waals surface area contributed by atoms with E-state index in [2.05, 4.69) is 5.32 Å². The zero-order chi connectivity index (χ0) is 19.7. The molecule has 0 bridgehead atoms. The van der Waals surface area contributed by atoms with Crippen molar-refractivity contribution in [2.24, 2.45) is 5.73 Å². The van der Waals surface area contributed by atoms with Gasteiger partial charge in [-0.3, -0.25) is 9.59 Å². The number of phenols is 1. The molecule has 0 spiro atoms. The number of benzene rings is 1. The maximum Gasteiger partial charge on any atom is 0.331 e. The number of carbonyl (C=O) groups is 3. The zero-order valence-electron chi connectivity index (χ0n) is 14.4. The molecule has 2 amide bonds. The highest BCUT2D eigenvalue weighted by atomic mass is 32.2. The van der Waals surface area contributed by atoms with E-state index >= 15 is 0 Å². The summed E-state index contributed by atoms with van der Waals surface area (Å²) in [6.07, 6.45) is 3.37. The van der Waals surface area contributed by atoms with Crippen molar-refractivity contribution in [3.8, 4) is 5.75 Å². The van der Waals surface area contributed by atoms with Gasteiger partial charge in [0.15, 0.2) is 6.04 Å². The summed E-state index contributed by atoms with van der Waals surface area (Å²) >= 11 is 1.29. The van der Waals surface area contributed by atoms with Gasteiger partial charge in [-0.2, -0.15) is 0 Å². The maximum atomic E-state index is 12.5. The van der Waals surface area contributed by atoms with Crippen LogP contribution in [0.1, 0.15) is 18.5 Å². The molecule has 1 fully saturated rings. The minimum Gasteiger partial charge on any atom is -0.508 e. The van der Waals surface area contributed by atoms with Crippen LogP contribution in [0.2, 0.25) is 0 Å². The summed E-state index contributed by atoms with van der Waals surface area (Å²) in [5.74, 6) is -2.07. The quantitative estimate of drug-likeness (QED) is 0.545. The molecule has 2 aliphatic rings. The van der Waals surface area contributed by atoms with Gasteiger partial charge in [-0.1, -0.05) is 24.3 Å². The highest BCUT2D eigenvalue weighted by molar-refractivity contribution is 8.03. The fourth-order valence-corrected chi connectivity index (χ4v) is 4.27. The number of allylic oxidation sites excluding steroid dienone is 1. The number of carboxylic acid groups (broad SMARTS) is 1. The fourth-order valence-electron chi connectivity index (χ4n) is 3.07. The fraction of sp³-hybridized carbons (Fsp3) is 0.278. The first-order valence-corrected chi connectivity index (χ1v) is 9.17. The van der Waals surface area contributed by atoms with E-state index in [1.54, 1.807) is 24.5 Å². The molecule has 4 atom stereocenters. The van der Waals surface area contributed by atoms with Crippen molar-refractivity contribution in [3.63, 3.8) is 0 Å². The molecule has 5 N–H and O–H groups in total. The molecule has 0 aliphatic carbocycles. The lowest BCUT2D eigenvalue weighted by atomic mass is 9.97. The minimum atomic E-state index is -1.12. The number of β-lactam (4-membered cyclic amide) rings is 1. The van der Waals surface area contributed by atoms with Gasteiger partial charge in [-0.05, 0) is 35.6 Å². The molecule has 0 saturated carbocycles. The first-order valence-electron chi connectivity index (χ1n) is 8.23. The Kier molecular flexibility index (Phi) is 5.24. The monoisotopic (exact) mass is 389 g/mol. The van der Waals surface area contributed by atoms with Gasteiger partial charge in [0, 0.05) is 0 Å². The number of phenolic OH excluding ortho intramolecular Hbond substituents is 1. The summed E-state index contributed by atoms with van der Waals surface area (Å²) in [6, 6.07) is 2.97. The number of rotatable bonds is 5. The van der Waals surface area contributed by atoms with Gasteiger partial charge in [0.25, 0.3) is 0 Å². The summed E-state index contributed by atoms with van der Waals surface area (Å²) in [4.78, 5) is 37.8. The van der Waals surface area contributed by atoms with E-state index < -0.39 is 41.3 Å². The molecular formula is C18H19N3O5S. The van der Waals surface area contributed by atoms with Crippen molar-refractivity contribution in [1.29, 1.82) is 0 Å². The van der Waals surface area contributed by atoms with Gasteiger partial charge in [0.05, 0.1) is 0 Å². The van der Waals surface area contributed by atoms with Gasteiger partial charge in [0.2, 0.25) is 11.8 Å². The van der Waals surface area contributed by atoms with Crippen molar-refractivity contribution in [3.05, 3.63) is 53.0 Å². The number of carboxylic acids is 1. The number of nitrogens with two attached hydrogens (primary N) is 1. The van der Waals surface area contributed by atoms with Crippen molar-refractivity contribution in [2.45, 2.75) is 30.4 Å². The summed E-state index contributed by atoms with van der Waals surface area (Å²) in [5, 5.41) is 22.6. The Hall–Kier alpha value is -2.78. The van der Waals surface area contributed by atoms with E-state index in [1.165, 1.54) is 40.9 Å². The number of hydrogen-bond donors (Lipinski definition) is 4. The number of nitrogens with zero attached hydrogens (tertiary/aromatic N) is 1. The third-order valence-electron chi connectivity index (χ3n) is 4.44. The van der Waals surface area contributed by atoms with Crippen LogP contribution in [-0.4, -0.2) is 50.4 Å². The van der Waals surface area contributed by atoms with Crippen molar-refractivity contribution >= 4 is 29.5 Å². The molecule has 0 aromatic heterocycles. The van der Waals surface area contributed by atoms with Gasteiger partial charge < -0.3 is 26.2 Å². The molecule has 2 aliphatic heterocycles. The maximum absolute atomic E-state index is 12.5. The lowest BCUT2D eigenvalue weighted by molar-refractivity contribution is -0.160. The van der Waals surface area contributed by atoms with E-state index in [9.17, 15) is 24.6 Å². The molecule has 3 rings (SSSR count). The number of carbonyl (C=O) groups excluding carboxylic acids is 2. The predicted molar refractivity (Wildman–Crippen MR) is 99.5 cm³/mol. The Labute approximate surface area is 159 Å². The second-order valence-electron chi connectivity index (χ2n) is 6.19. The van der Waals surface area contributed by atoms with Crippen LogP contribution in [0.15, 0.2) is 47.4 Å². The molecule has 2 heterocycles. The molecule has 8 nitrogen and oxygen atoms in total. The Balaban J connectivity index is 1.73. The third-order valence-corrected chi connectivity index (χ3v) is 5.63. The van der Waals surface area contributed by atoms with Crippen LogP contribution >= 0.6 is 11.8 Å². The van der Waals surface area contributed by atoms with E-state index in [4.69, 9.17) is 5.73 Å². The highest BCUT2D eigenvalue weighted by Gasteiger charge is 2.55. The smallest absolute Gasteiger partial charge is 0.331 e. The van der Waals surface area contributed by atoms with E-state index in [1.807, 2.05) is 0 Å². The van der Waals surface area contributed by atoms with Crippen LogP contribution in [0.4, 0.5) is 0 Å². The van der Waals surface area contributed by atoms with Crippen LogP contribution in [0.25, 0.3) is 0 Å². The number of thioether (sulfide) groups is 1. The Morgan fingerprint density at radius 2 is 2.00 bits per heavy atom. The zero-order valence-corrected chi connectivity index (χ0v) is 15.2. The van der Waals surface area contributed by atoms with Crippen LogP contribution in [-0.2, 0) is 14.4 Å². The van der Waals surface area contributed by atoms with Crippen LogP contribution in [0.3, 0.4) is 0 Å². The Morgan fingerprint density at radius 3 is 2.59 bits per heavy atom. The molecule has 1 aromatic carbocycles. The second kappa shape index (κ2) is 7.45. The predicted octanol–water partition coefficient (Wildman–Crippen LogP) is 0.705. The van der Waals surface area contributed by atoms with Crippen LogP contribution < -0.4 is 11.1 Å². The molecule has 27 heavy (non-hydrogen) atoms. The topological polar surface area (TPSA) is 133 Å². The molecule has 0 radical (unpaired) electrons. The van der Waals surface area contributed by atoms with Gasteiger partial charge >= 0.3 is 5.97 Å².